The predicted octanol–water partition coefficient (Wildman–Crippen LogP) is 1.83. The zero-order valence-corrected chi connectivity index (χ0v) is 14.7. The van der Waals surface area contributed by atoms with Crippen LogP contribution in [0.15, 0.2) is 12.3 Å². The van der Waals surface area contributed by atoms with Gasteiger partial charge in [-0.15, -0.1) is 0 Å². The molecular weight excluding hydrogens is 326 g/mol. The van der Waals surface area contributed by atoms with Crippen LogP contribution in [0.3, 0.4) is 0 Å². The summed E-state index contributed by atoms with van der Waals surface area (Å²) in [6.07, 6.45) is 7.52. The predicted molar refractivity (Wildman–Crippen MR) is 97.2 cm³/mol. The van der Waals surface area contributed by atoms with Gasteiger partial charge in [0.05, 0.1) is 0 Å². The minimum atomic E-state index is 0.417. The van der Waals surface area contributed by atoms with Crippen LogP contribution in [0.1, 0.15) is 48.0 Å². The van der Waals surface area contributed by atoms with E-state index in [0.717, 1.165) is 44.8 Å². The highest BCUT2D eigenvalue weighted by Crippen LogP contribution is 2.40. The second-order valence-corrected chi connectivity index (χ2v) is 7.29. The smallest absolute Gasteiger partial charge is 0.226 e. The van der Waals surface area contributed by atoms with Crippen molar-refractivity contribution in [1.82, 2.24) is 19.9 Å². The van der Waals surface area contributed by atoms with Crippen LogP contribution < -0.4 is 9.80 Å². The summed E-state index contributed by atoms with van der Waals surface area (Å²) in [4.78, 5) is 23.0. The highest BCUT2D eigenvalue weighted by molar-refractivity contribution is 5.53. The van der Waals surface area contributed by atoms with Gasteiger partial charge in [-0.05, 0) is 38.2 Å². The largest absolute Gasteiger partial charge is 0.353 e. The van der Waals surface area contributed by atoms with E-state index in [1.165, 1.54) is 36.3 Å². The second-order valence-electron chi connectivity index (χ2n) is 7.29. The summed E-state index contributed by atoms with van der Waals surface area (Å²) < 4.78 is 0. The summed E-state index contributed by atoms with van der Waals surface area (Å²) in [6.45, 7) is 3.47. The minimum Gasteiger partial charge on any atom is -0.353 e. The van der Waals surface area contributed by atoms with Crippen molar-refractivity contribution in [2.75, 3.05) is 36.0 Å². The molecule has 0 bridgehead atoms. The van der Waals surface area contributed by atoms with Crippen molar-refractivity contribution < 1.29 is 0 Å². The number of aromatic nitrogens is 4. The first-order chi connectivity index (χ1) is 12.8. The number of hydrogen-bond acceptors (Lipinski definition) is 7. The lowest BCUT2D eigenvalue weighted by Crippen LogP contribution is -2.47. The summed E-state index contributed by atoms with van der Waals surface area (Å²) in [5.74, 6) is 3.47. The molecule has 0 radical (unpaired) electrons. The maximum Gasteiger partial charge on any atom is 0.226 e. The second kappa shape index (κ2) is 6.20. The lowest BCUT2D eigenvalue weighted by molar-refractivity contribution is 0.629. The van der Waals surface area contributed by atoms with Crippen molar-refractivity contribution in [2.45, 2.75) is 38.0 Å². The first-order valence-corrected chi connectivity index (χ1v) is 9.44. The van der Waals surface area contributed by atoms with Crippen LogP contribution in [0.4, 0.5) is 11.8 Å². The Bertz CT molecular complexity index is 876. The number of nitriles is 1. The number of hydrogen-bond donors (Lipinski definition) is 0. The number of piperazine rings is 1. The molecule has 0 amide bonds. The number of anilines is 2. The minimum absolute atomic E-state index is 0.417. The Hall–Kier alpha value is -2.75. The molecule has 1 saturated heterocycles. The van der Waals surface area contributed by atoms with Gasteiger partial charge in [-0.3, -0.25) is 0 Å². The molecule has 2 aromatic heterocycles. The molecule has 132 valence electrons. The molecule has 7 heteroatoms. The van der Waals surface area contributed by atoms with Crippen molar-refractivity contribution in [3.8, 4) is 6.07 Å². The molecule has 1 saturated carbocycles. The van der Waals surface area contributed by atoms with Gasteiger partial charge in [-0.25, -0.2) is 19.9 Å². The number of fused-ring (bicyclic) bond motifs is 1. The van der Waals surface area contributed by atoms with Gasteiger partial charge >= 0.3 is 0 Å². The topological polar surface area (TPSA) is 81.8 Å². The van der Waals surface area contributed by atoms with Crippen LogP contribution in [0.2, 0.25) is 0 Å². The monoisotopic (exact) mass is 347 g/mol. The standard InChI is InChI=1S/C19H21N7/c20-12-14-6-7-21-19(22-14)26-10-8-25(9-11-26)18-15-2-1-3-16(15)23-17(24-18)13-4-5-13/h6-7,13H,1-5,8-11H2. The van der Waals surface area contributed by atoms with Crippen LogP contribution in [0.25, 0.3) is 0 Å². The number of nitrogens with zero attached hydrogens (tertiary/aromatic N) is 7. The van der Waals surface area contributed by atoms with Gasteiger partial charge in [0.1, 0.15) is 23.4 Å². The van der Waals surface area contributed by atoms with Crippen molar-refractivity contribution in [3.05, 3.63) is 35.0 Å². The molecule has 2 aromatic rings. The first-order valence-electron chi connectivity index (χ1n) is 9.44. The quantitative estimate of drug-likeness (QED) is 0.838. The summed E-state index contributed by atoms with van der Waals surface area (Å²) in [5, 5.41) is 9.04. The molecular formula is C19H21N7. The molecule has 2 fully saturated rings. The van der Waals surface area contributed by atoms with E-state index in [9.17, 15) is 0 Å². The Morgan fingerprint density at radius 2 is 1.81 bits per heavy atom. The van der Waals surface area contributed by atoms with E-state index in [1.807, 2.05) is 0 Å². The summed E-state index contributed by atoms with van der Waals surface area (Å²) in [7, 11) is 0. The molecule has 0 spiro atoms. The molecule has 5 rings (SSSR count). The SMILES string of the molecule is N#Cc1ccnc(N2CCN(c3nc(C4CC4)nc4c3CCC4)CC2)n1. The Balaban J connectivity index is 1.36. The number of rotatable bonds is 3. The van der Waals surface area contributed by atoms with Crippen molar-refractivity contribution in [1.29, 1.82) is 5.26 Å². The average Bonchev–Trinajstić information content (AvgIpc) is 3.45. The normalized spacial score (nSPS) is 19.3. The van der Waals surface area contributed by atoms with Gasteiger partial charge in [-0.1, -0.05) is 0 Å². The van der Waals surface area contributed by atoms with Crippen molar-refractivity contribution in [3.63, 3.8) is 0 Å². The fourth-order valence-electron chi connectivity index (χ4n) is 3.90. The third-order valence-corrected chi connectivity index (χ3v) is 5.49. The fraction of sp³-hybridized carbons (Fsp3) is 0.526. The molecule has 1 aliphatic heterocycles. The van der Waals surface area contributed by atoms with Crippen LogP contribution >= 0.6 is 0 Å². The van der Waals surface area contributed by atoms with Crippen LogP contribution in [-0.2, 0) is 12.8 Å². The zero-order valence-electron chi connectivity index (χ0n) is 14.7. The van der Waals surface area contributed by atoms with Gasteiger partial charge < -0.3 is 9.80 Å². The summed E-state index contributed by atoms with van der Waals surface area (Å²) >= 11 is 0. The molecule has 0 atom stereocenters. The number of aryl methyl sites for hydroxylation is 1. The van der Waals surface area contributed by atoms with E-state index in [2.05, 4.69) is 25.8 Å². The Labute approximate surface area is 152 Å². The average molecular weight is 347 g/mol. The van der Waals surface area contributed by atoms with E-state index < -0.39 is 0 Å². The van der Waals surface area contributed by atoms with E-state index in [4.69, 9.17) is 15.2 Å². The van der Waals surface area contributed by atoms with E-state index in [0.29, 0.717) is 17.6 Å². The van der Waals surface area contributed by atoms with Crippen LogP contribution in [0, 0.1) is 11.3 Å². The molecule has 26 heavy (non-hydrogen) atoms. The molecule has 3 heterocycles. The molecule has 7 nitrogen and oxygen atoms in total. The van der Waals surface area contributed by atoms with Gasteiger partial charge in [0.2, 0.25) is 5.95 Å². The van der Waals surface area contributed by atoms with Crippen molar-refractivity contribution in [2.24, 2.45) is 0 Å². The Morgan fingerprint density at radius 1 is 1.00 bits per heavy atom. The van der Waals surface area contributed by atoms with E-state index >= 15 is 0 Å². The van der Waals surface area contributed by atoms with Gasteiger partial charge in [0.15, 0.2) is 0 Å². The van der Waals surface area contributed by atoms with E-state index in [1.54, 1.807) is 12.3 Å². The van der Waals surface area contributed by atoms with Crippen LogP contribution in [0.5, 0.6) is 0 Å². The molecule has 0 N–H and O–H groups in total. The van der Waals surface area contributed by atoms with E-state index in [-0.39, 0.29) is 0 Å². The first kappa shape index (κ1) is 15.5. The van der Waals surface area contributed by atoms with Gasteiger partial charge in [0.25, 0.3) is 0 Å². The maximum absolute atomic E-state index is 9.04. The Kier molecular flexibility index (Phi) is 3.70. The summed E-state index contributed by atoms with van der Waals surface area (Å²) in [5.41, 5.74) is 3.06. The Morgan fingerprint density at radius 3 is 2.58 bits per heavy atom. The highest BCUT2D eigenvalue weighted by atomic mass is 15.3. The summed E-state index contributed by atoms with van der Waals surface area (Å²) in [6, 6.07) is 3.73. The fourth-order valence-corrected chi connectivity index (χ4v) is 3.90. The van der Waals surface area contributed by atoms with Gasteiger partial charge in [0, 0.05) is 49.6 Å². The molecule has 3 aliphatic rings. The van der Waals surface area contributed by atoms with Gasteiger partial charge in [-0.2, -0.15) is 5.26 Å². The molecule has 2 aliphatic carbocycles. The third kappa shape index (κ3) is 2.75. The maximum atomic E-state index is 9.04. The lowest BCUT2D eigenvalue weighted by Gasteiger charge is -2.36. The molecule has 0 aromatic carbocycles. The van der Waals surface area contributed by atoms with Crippen molar-refractivity contribution >= 4 is 11.8 Å². The third-order valence-electron chi connectivity index (χ3n) is 5.49. The highest BCUT2D eigenvalue weighted by Gasteiger charge is 2.31. The van der Waals surface area contributed by atoms with Crippen LogP contribution in [-0.4, -0.2) is 46.1 Å². The lowest BCUT2D eigenvalue weighted by atomic mass is 10.2. The molecule has 0 unspecified atom stereocenters. The zero-order chi connectivity index (χ0) is 17.5.